The predicted molar refractivity (Wildman–Crippen MR) is 63.4 cm³/mol. The molecular weight excluding hydrogens is 256 g/mol. The van der Waals surface area contributed by atoms with E-state index in [9.17, 15) is 8.78 Å². The predicted octanol–water partition coefficient (Wildman–Crippen LogP) is 1.70. The smallest absolute Gasteiger partial charge is 0.318 e. The highest BCUT2D eigenvalue weighted by molar-refractivity contribution is 5.35. The molecule has 0 atom stereocenters. The van der Waals surface area contributed by atoms with Gasteiger partial charge in [-0.05, 0) is 17.7 Å². The van der Waals surface area contributed by atoms with Crippen LogP contribution in [0, 0.1) is 11.6 Å². The average molecular weight is 267 g/mol. The molecule has 0 bridgehead atoms. The fraction of sp³-hybridized carbons (Fsp3) is 0.167. The van der Waals surface area contributed by atoms with Crippen molar-refractivity contribution in [2.45, 2.75) is 6.61 Å². The summed E-state index contributed by atoms with van der Waals surface area (Å²) in [4.78, 5) is 7.39. The normalized spacial score (nSPS) is 10.3. The SMILES string of the molecule is OCNc1nc(OCc2ccc(F)cc2)ncc1F. The van der Waals surface area contributed by atoms with Crippen LogP contribution in [0.3, 0.4) is 0 Å². The van der Waals surface area contributed by atoms with Gasteiger partial charge in [0.15, 0.2) is 11.6 Å². The lowest BCUT2D eigenvalue weighted by atomic mass is 10.2. The zero-order chi connectivity index (χ0) is 13.7. The molecule has 1 aromatic carbocycles. The fourth-order valence-electron chi connectivity index (χ4n) is 1.35. The van der Waals surface area contributed by atoms with Crippen molar-refractivity contribution in [2.24, 2.45) is 0 Å². The standard InChI is InChI=1S/C12H11F2N3O2/c13-9-3-1-8(2-4-9)6-19-12-15-5-10(14)11(17-12)16-7-18/h1-5,18H,6-7H2,(H,15,16,17). The van der Waals surface area contributed by atoms with Gasteiger partial charge in [0.2, 0.25) is 0 Å². The van der Waals surface area contributed by atoms with Crippen LogP contribution in [0.1, 0.15) is 5.56 Å². The lowest BCUT2D eigenvalue weighted by molar-refractivity contribution is 0.278. The molecule has 1 heterocycles. The molecule has 0 saturated carbocycles. The molecule has 100 valence electrons. The summed E-state index contributed by atoms with van der Waals surface area (Å²) in [6.45, 7) is -0.324. The molecule has 0 spiro atoms. The number of aromatic nitrogens is 2. The summed E-state index contributed by atoms with van der Waals surface area (Å²) in [5.74, 6) is -1.17. The summed E-state index contributed by atoms with van der Waals surface area (Å²) in [6, 6.07) is 5.70. The second-order valence-corrected chi connectivity index (χ2v) is 3.60. The summed E-state index contributed by atoms with van der Waals surface area (Å²) in [7, 11) is 0. The van der Waals surface area contributed by atoms with Crippen molar-refractivity contribution in [3.05, 3.63) is 47.7 Å². The van der Waals surface area contributed by atoms with E-state index >= 15 is 0 Å². The van der Waals surface area contributed by atoms with Crippen LogP contribution in [-0.4, -0.2) is 21.8 Å². The number of halogens is 2. The number of aliphatic hydroxyl groups is 1. The van der Waals surface area contributed by atoms with Crippen molar-refractivity contribution >= 4 is 5.82 Å². The van der Waals surface area contributed by atoms with E-state index < -0.39 is 12.5 Å². The zero-order valence-electron chi connectivity index (χ0n) is 9.81. The topological polar surface area (TPSA) is 67.3 Å². The third kappa shape index (κ3) is 3.59. The Kier molecular flexibility index (Phi) is 4.19. The maximum atomic E-state index is 13.2. The van der Waals surface area contributed by atoms with E-state index in [2.05, 4.69) is 15.3 Å². The van der Waals surface area contributed by atoms with Gasteiger partial charge in [0.05, 0.1) is 6.20 Å². The molecule has 19 heavy (non-hydrogen) atoms. The Hall–Kier alpha value is -2.28. The first kappa shape index (κ1) is 13.2. The third-order valence-corrected chi connectivity index (χ3v) is 2.25. The lowest BCUT2D eigenvalue weighted by Gasteiger charge is -2.07. The Morgan fingerprint density at radius 1 is 1.21 bits per heavy atom. The Balaban J connectivity index is 2.03. The molecule has 0 aliphatic heterocycles. The van der Waals surface area contributed by atoms with Crippen molar-refractivity contribution in [3.8, 4) is 6.01 Å². The number of rotatable bonds is 5. The highest BCUT2D eigenvalue weighted by Crippen LogP contribution is 2.14. The van der Waals surface area contributed by atoms with Gasteiger partial charge in [-0.25, -0.2) is 13.8 Å². The number of hydrogen-bond acceptors (Lipinski definition) is 5. The molecule has 0 saturated heterocycles. The molecule has 0 radical (unpaired) electrons. The van der Waals surface area contributed by atoms with Gasteiger partial charge in [0.25, 0.3) is 0 Å². The number of aliphatic hydroxyl groups excluding tert-OH is 1. The highest BCUT2D eigenvalue weighted by Gasteiger charge is 2.07. The fourth-order valence-corrected chi connectivity index (χ4v) is 1.35. The average Bonchev–Trinajstić information content (AvgIpc) is 2.42. The van der Waals surface area contributed by atoms with Crippen molar-refractivity contribution < 1.29 is 18.6 Å². The minimum absolute atomic E-state index is 0.0401. The molecule has 0 aliphatic rings. The van der Waals surface area contributed by atoms with Gasteiger partial charge < -0.3 is 15.2 Å². The first-order valence-electron chi connectivity index (χ1n) is 5.43. The second-order valence-electron chi connectivity index (χ2n) is 3.60. The second kappa shape index (κ2) is 6.05. The Bertz CT molecular complexity index is 549. The van der Waals surface area contributed by atoms with Crippen LogP contribution in [0.2, 0.25) is 0 Å². The zero-order valence-corrected chi connectivity index (χ0v) is 9.81. The number of nitrogens with zero attached hydrogens (tertiary/aromatic N) is 2. The van der Waals surface area contributed by atoms with Gasteiger partial charge >= 0.3 is 6.01 Å². The van der Waals surface area contributed by atoms with Crippen molar-refractivity contribution in [1.29, 1.82) is 0 Å². The molecule has 5 nitrogen and oxygen atoms in total. The van der Waals surface area contributed by atoms with Gasteiger partial charge in [-0.15, -0.1) is 0 Å². The molecule has 0 aliphatic carbocycles. The van der Waals surface area contributed by atoms with E-state index in [4.69, 9.17) is 9.84 Å². The van der Waals surface area contributed by atoms with Crippen molar-refractivity contribution in [3.63, 3.8) is 0 Å². The van der Waals surface area contributed by atoms with Crippen LogP contribution in [0.4, 0.5) is 14.6 Å². The molecule has 2 N–H and O–H groups in total. The van der Waals surface area contributed by atoms with Crippen LogP contribution >= 0.6 is 0 Å². The molecule has 7 heteroatoms. The van der Waals surface area contributed by atoms with Crippen LogP contribution in [0.15, 0.2) is 30.5 Å². The summed E-state index contributed by atoms with van der Waals surface area (Å²) >= 11 is 0. The quantitative estimate of drug-likeness (QED) is 0.807. The van der Waals surface area contributed by atoms with Crippen molar-refractivity contribution in [1.82, 2.24) is 9.97 Å². The number of nitrogens with one attached hydrogen (secondary N) is 1. The van der Waals surface area contributed by atoms with E-state index in [0.717, 1.165) is 11.8 Å². The summed E-state index contributed by atoms with van der Waals surface area (Å²) < 4.78 is 31.1. The molecule has 2 aromatic rings. The Morgan fingerprint density at radius 3 is 2.63 bits per heavy atom. The van der Waals surface area contributed by atoms with Crippen LogP contribution in [0.5, 0.6) is 6.01 Å². The van der Waals surface area contributed by atoms with Gasteiger partial charge in [0, 0.05) is 0 Å². The summed E-state index contributed by atoms with van der Waals surface area (Å²) in [6.07, 6.45) is 0.936. The monoisotopic (exact) mass is 267 g/mol. The Labute approximate surface area is 107 Å². The van der Waals surface area contributed by atoms with Gasteiger partial charge in [-0.3, -0.25) is 0 Å². The van der Waals surface area contributed by atoms with Crippen LogP contribution in [-0.2, 0) is 6.61 Å². The van der Waals surface area contributed by atoms with Gasteiger partial charge in [-0.2, -0.15) is 4.98 Å². The first-order valence-corrected chi connectivity index (χ1v) is 5.43. The number of anilines is 1. The molecule has 0 unspecified atom stereocenters. The maximum absolute atomic E-state index is 13.2. The third-order valence-electron chi connectivity index (χ3n) is 2.25. The first-order chi connectivity index (χ1) is 9.19. The largest absolute Gasteiger partial charge is 0.459 e. The molecule has 0 amide bonds. The number of ether oxygens (including phenoxy) is 1. The molecule has 1 aromatic heterocycles. The van der Waals surface area contributed by atoms with Gasteiger partial charge in [-0.1, -0.05) is 12.1 Å². The van der Waals surface area contributed by atoms with Gasteiger partial charge in [0.1, 0.15) is 19.2 Å². The summed E-state index contributed by atoms with van der Waals surface area (Å²) in [5, 5.41) is 11.0. The van der Waals surface area contributed by atoms with Crippen LogP contribution < -0.4 is 10.1 Å². The molecular formula is C12H11F2N3O2. The van der Waals surface area contributed by atoms with E-state index in [1.54, 1.807) is 12.1 Å². The van der Waals surface area contributed by atoms with Crippen LogP contribution in [0.25, 0.3) is 0 Å². The minimum atomic E-state index is -0.691. The van der Waals surface area contributed by atoms with E-state index in [1.165, 1.54) is 12.1 Å². The highest BCUT2D eigenvalue weighted by atomic mass is 19.1. The number of benzene rings is 1. The minimum Gasteiger partial charge on any atom is -0.459 e. The summed E-state index contributed by atoms with van der Waals surface area (Å²) in [5.41, 5.74) is 0.728. The molecule has 0 fully saturated rings. The van der Waals surface area contributed by atoms with E-state index in [0.29, 0.717) is 0 Å². The molecule has 2 rings (SSSR count). The van der Waals surface area contributed by atoms with E-state index in [1.807, 2.05) is 0 Å². The van der Waals surface area contributed by atoms with E-state index in [-0.39, 0.29) is 24.3 Å². The number of hydrogen-bond donors (Lipinski definition) is 2. The Morgan fingerprint density at radius 2 is 1.95 bits per heavy atom. The lowest BCUT2D eigenvalue weighted by Crippen LogP contribution is -2.07. The van der Waals surface area contributed by atoms with Crippen molar-refractivity contribution in [2.75, 3.05) is 12.0 Å². The maximum Gasteiger partial charge on any atom is 0.318 e.